The zero-order valence-corrected chi connectivity index (χ0v) is 6.88. The summed E-state index contributed by atoms with van der Waals surface area (Å²) in [5, 5.41) is 0. The second-order valence-corrected chi connectivity index (χ2v) is 3.57. The third-order valence-corrected chi connectivity index (χ3v) is 2.52. The lowest BCUT2D eigenvalue weighted by Crippen LogP contribution is -2.44. The zero-order valence-electron chi connectivity index (χ0n) is 6.88. The first-order valence-electron chi connectivity index (χ1n) is 4.40. The summed E-state index contributed by atoms with van der Waals surface area (Å²) >= 11 is 0. The van der Waals surface area contributed by atoms with Crippen LogP contribution in [-0.2, 0) is 4.74 Å². The SMILES string of the molecule is FC(F)CN1CC2CCC(C1)O2. The lowest BCUT2D eigenvalue weighted by molar-refractivity contribution is -0.0531. The molecule has 0 aromatic heterocycles. The highest BCUT2D eigenvalue weighted by Crippen LogP contribution is 2.26. The summed E-state index contributed by atoms with van der Waals surface area (Å²) in [6.45, 7) is 1.30. The van der Waals surface area contributed by atoms with Gasteiger partial charge in [-0.3, -0.25) is 4.90 Å². The van der Waals surface area contributed by atoms with Crippen LogP contribution in [0.4, 0.5) is 8.78 Å². The molecule has 2 unspecified atom stereocenters. The Kier molecular flexibility index (Phi) is 2.28. The molecule has 0 N–H and O–H groups in total. The van der Waals surface area contributed by atoms with Crippen LogP contribution in [0.25, 0.3) is 0 Å². The number of morpholine rings is 1. The number of hydrogen-bond donors (Lipinski definition) is 0. The molecule has 2 aliphatic rings. The molecule has 2 atom stereocenters. The number of likely N-dealkylation sites (tertiary alicyclic amines) is 1. The van der Waals surface area contributed by atoms with E-state index < -0.39 is 6.43 Å². The van der Waals surface area contributed by atoms with Crippen LogP contribution >= 0.6 is 0 Å². The maximum atomic E-state index is 12.0. The molecule has 2 nitrogen and oxygen atoms in total. The third-order valence-electron chi connectivity index (χ3n) is 2.52. The van der Waals surface area contributed by atoms with E-state index in [9.17, 15) is 8.78 Å². The Balaban J connectivity index is 1.85. The van der Waals surface area contributed by atoms with Crippen molar-refractivity contribution in [3.05, 3.63) is 0 Å². The van der Waals surface area contributed by atoms with Gasteiger partial charge in [0.25, 0.3) is 6.43 Å². The lowest BCUT2D eigenvalue weighted by Gasteiger charge is -2.31. The van der Waals surface area contributed by atoms with Gasteiger partial charge in [-0.2, -0.15) is 0 Å². The van der Waals surface area contributed by atoms with Gasteiger partial charge in [-0.1, -0.05) is 0 Å². The Hall–Kier alpha value is -0.220. The highest BCUT2D eigenvalue weighted by atomic mass is 19.3. The van der Waals surface area contributed by atoms with Crippen LogP contribution in [0.1, 0.15) is 12.8 Å². The standard InChI is InChI=1S/C8H13F2NO/c9-8(10)5-11-3-6-1-2-7(4-11)12-6/h6-8H,1-5H2. The minimum absolute atomic E-state index is 0.0869. The van der Waals surface area contributed by atoms with Crippen molar-refractivity contribution in [2.75, 3.05) is 19.6 Å². The Morgan fingerprint density at radius 2 is 1.83 bits per heavy atom. The largest absolute Gasteiger partial charge is 0.372 e. The van der Waals surface area contributed by atoms with Gasteiger partial charge in [-0.25, -0.2) is 8.78 Å². The average molecular weight is 177 g/mol. The van der Waals surface area contributed by atoms with E-state index in [0.717, 1.165) is 12.8 Å². The van der Waals surface area contributed by atoms with Gasteiger partial charge in [0, 0.05) is 13.1 Å². The molecule has 2 aliphatic heterocycles. The minimum Gasteiger partial charge on any atom is -0.372 e. The van der Waals surface area contributed by atoms with E-state index in [1.807, 2.05) is 4.90 Å². The summed E-state index contributed by atoms with van der Waals surface area (Å²) in [6, 6.07) is 0. The number of nitrogens with zero attached hydrogens (tertiary/aromatic N) is 1. The second-order valence-electron chi connectivity index (χ2n) is 3.57. The second kappa shape index (κ2) is 3.26. The van der Waals surface area contributed by atoms with E-state index in [2.05, 4.69) is 0 Å². The highest BCUT2D eigenvalue weighted by Gasteiger charge is 2.34. The van der Waals surface area contributed by atoms with Gasteiger partial charge in [0.15, 0.2) is 0 Å². The topological polar surface area (TPSA) is 12.5 Å². The van der Waals surface area contributed by atoms with Crippen LogP contribution in [-0.4, -0.2) is 43.2 Å². The van der Waals surface area contributed by atoms with Crippen LogP contribution in [0.2, 0.25) is 0 Å². The van der Waals surface area contributed by atoms with Gasteiger partial charge in [-0.15, -0.1) is 0 Å². The molecule has 0 radical (unpaired) electrons. The molecule has 2 heterocycles. The maximum Gasteiger partial charge on any atom is 0.251 e. The van der Waals surface area contributed by atoms with Crippen LogP contribution in [0.5, 0.6) is 0 Å². The van der Waals surface area contributed by atoms with E-state index in [0.29, 0.717) is 13.1 Å². The van der Waals surface area contributed by atoms with Crippen molar-refractivity contribution in [2.24, 2.45) is 0 Å². The van der Waals surface area contributed by atoms with E-state index in [-0.39, 0.29) is 18.8 Å². The first-order valence-corrected chi connectivity index (χ1v) is 4.40. The molecular formula is C8H13F2NO. The summed E-state index contributed by atoms with van der Waals surface area (Å²) in [5.41, 5.74) is 0. The molecule has 12 heavy (non-hydrogen) atoms. The Morgan fingerprint density at radius 3 is 2.33 bits per heavy atom. The molecule has 70 valence electrons. The van der Waals surface area contributed by atoms with E-state index in [4.69, 9.17) is 4.74 Å². The molecule has 0 amide bonds. The van der Waals surface area contributed by atoms with Crippen LogP contribution in [0.3, 0.4) is 0 Å². The summed E-state index contributed by atoms with van der Waals surface area (Å²) in [4.78, 5) is 1.82. The number of rotatable bonds is 2. The van der Waals surface area contributed by atoms with Crippen LogP contribution in [0, 0.1) is 0 Å². The van der Waals surface area contributed by atoms with Gasteiger partial charge in [0.05, 0.1) is 18.8 Å². The van der Waals surface area contributed by atoms with Gasteiger partial charge in [0.1, 0.15) is 0 Å². The summed E-state index contributed by atoms with van der Waals surface area (Å²) in [5.74, 6) is 0. The van der Waals surface area contributed by atoms with Gasteiger partial charge in [-0.05, 0) is 12.8 Å². The number of fused-ring (bicyclic) bond motifs is 2. The van der Waals surface area contributed by atoms with E-state index >= 15 is 0 Å². The van der Waals surface area contributed by atoms with Crippen molar-refractivity contribution in [3.8, 4) is 0 Å². The zero-order chi connectivity index (χ0) is 8.55. The predicted molar refractivity (Wildman–Crippen MR) is 40.3 cm³/mol. The molecule has 4 heteroatoms. The summed E-state index contributed by atoms with van der Waals surface area (Å²) in [6.07, 6.45) is 0.335. The molecular weight excluding hydrogens is 164 g/mol. The Labute approximate surface area is 70.5 Å². The average Bonchev–Trinajstić information content (AvgIpc) is 2.29. The smallest absolute Gasteiger partial charge is 0.251 e. The van der Waals surface area contributed by atoms with Gasteiger partial charge in [0.2, 0.25) is 0 Å². The quantitative estimate of drug-likeness (QED) is 0.626. The molecule has 0 aromatic rings. The first-order chi connectivity index (χ1) is 5.74. The Morgan fingerprint density at radius 1 is 1.25 bits per heavy atom. The molecule has 0 aromatic carbocycles. The fraction of sp³-hybridized carbons (Fsp3) is 1.00. The normalized spacial score (nSPS) is 36.2. The third kappa shape index (κ3) is 1.75. The monoisotopic (exact) mass is 177 g/mol. The first kappa shape index (κ1) is 8.38. The van der Waals surface area contributed by atoms with Crippen molar-refractivity contribution >= 4 is 0 Å². The summed E-state index contributed by atoms with van der Waals surface area (Å²) < 4.78 is 29.5. The summed E-state index contributed by atoms with van der Waals surface area (Å²) in [7, 11) is 0. The molecule has 2 fully saturated rings. The van der Waals surface area contributed by atoms with Crippen LogP contribution in [0.15, 0.2) is 0 Å². The molecule has 0 aliphatic carbocycles. The minimum atomic E-state index is -2.21. The van der Waals surface area contributed by atoms with Crippen molar-refractivity contribution in [2.45, 2.75) is 31.5 Å². The molecule has 0 spiro atoms. The number of hydrogen-bond acceptors (Lipinski definition) is 2. The number of halogens is 2. The highest BCUT2D eigenvalue weighted by molar-refractivity contribution is 4.84. The van der Waals surface area contributed by atoms with Crippen molar-refractivity contribution in [3.63, 3.8) is 0 Å². The maximum absolute atomic E-state index is 12.0. The number of ether oxygens (including phenoxy) is 1. The molecule has 2 bridgehead atoms. The predicted octanol–water partition coefficient (Wildman–Crippen LogP) is 1.11. The fourth-order valence-corrected chi connectivity index (χ4v) is 2.04. The molecule has 2 saturated heterocycles. The fourth-order valence-electron chi connectivity index (χ4n) is 2.04. The van der Waals surface area contributed by atoms with Gasteiger partial charge >= 0.3 is 0 Å². The molecule has 0 saturated carbocycles. The molecule has 2 rings (SSSR count). The van der Waals surface area contributed by atoms with E-state index in [1.54, 1.807) is 0 Å². The van der Waals surface area contributed by atoms with Gasteiger partial charge < -0.3 is 4.74 Å². The lowest BCUT2D eigenvalue weighted by atomic mass is 10.2. The number of alkyl halides is 2. The van der Waals surface area contributed by atoms with E-state index in [1.165, 1.54) is 0 Å². The van der Waals surface area contributed by atoms with Crippen molar-refractivity contribution in [1.82, 2.24) is 4.90 Å². The Bertz CT molecular complexity index is 153. The van der Waals surface area contributed by atoms with Crippen molar-refractivity contribution in [1.29, 1.82) is 0 Å². The van der Waals surface area contributed by atoms with Crippen molar-refractivity contribution < 1.29 is 13.5 Å². The van der Waals surface area contributed by atoms with Crippen LogP contribution < -0.4 is 0 Å².